The fourth-order valence-electron chi connectivity index (χ4n) is 1.41. The number of ether oxygens (including phenoxy) is 1. The summed E-state index contributed by atoms with van der Waals surface area (Å²) in [5.41, 5.74) is 0.951. The van der Waals surface area contributed by atoms with Crippen molar-refractivity contribution in [3.05, 3.63) is 45.7 Å². The number of aromatic nitrogens is 2. The number of hydrogen-bond acceptors (Lipinski definition) is 3. The predicted octanol–water partition coefficient (Wildman–Crippen LogP) is 2.77. The van der Waals surface area contributed by atoms with Gasteiger partial charge in [0.05, 0.1) is 9.77 Å². The molecule has 0 aliphatic carbocycles. The summed E-state index contributed by atoms with van der Waals surface area (Å²) in [5.74, 6) is 0.633. The molecule has 2 aromatic rings. The highest BCUT2D eigenvalue weighted by Gasteiger charge is 2.10. The number of carbonyl (C=O) groups is 1. The molecule has 1 amide bonds. The smallest absolute Gasteiger partial charge is 0.413 e. The van der Waals surface area contributed by atoms with E-state index in [0.29, 0.717) is 5.82 Å². The van der Waals surface area contributed by atoms with E-state index in [1.165, 1.54) is 0 Å². The fourth-order valence-corrected chi connectivity index (χ4v) is 2.02. The lowest BCUT2D eigenvalue weighted by Gasteiger charge is -2.07. The third-order valence-corrected chi connectivity index (χ3v) is 3.12. The van der Waals surface area contributed by atoms with E-state index in [2.05, 4.69) is 33.0 Å². The highest BCUT2D eigenvalue weighted by molar-refractivity contribution is 14.1. The molecule has 18 heavy (non-hydrogen) atoms. The Balaban J connectivity index is 1.90. The zero-order valence-corrected chi connectivity index (χ0v) is 11.9. The van der Waals surface area contributed by atoms with Gasteiger partial charge in [0, 0.05) is 7.05 Å². The van der Waals surface area contributed by atoms with Gasteiger partial charge < -0.3 is 4.74 Å². The molecule has 94 valence electrons. The highest BCUT2D eigenvalue weighted by atomic mass is 127. The normalized spacial score (nSPS) is 10.1. The first-order valence-electron chi connectivity index (χ1n) is 5.32. The van der Waals surface area contributed by atoms with E-state index < -0.39 is 6.09 Å². The molecule has 0 bridgehead atoms. The third-order valence-electron chi connectivity index (χ3n) is 2.33. The van der Waals surface area contributed by atoms with E-state index >= 15 is 0 Å². The Hall–Kier alpha value is -1.57. The molecular formula is C12H12IN3O2. The van der Waals surface area contributed by atoms with Crippen molar-refractivity contribution in [3.63, 3.8) is 0 Å². The Morgan fingerprint density at radius 2 is 2.17 bits per heavy atom. The summed E-state index contributed by atoms with van der Waals surface area (Å²) in [6.45, 7) is 0.251. The number of anilines is 1. The van der Waals surface area contributed by atoms with E-state index in [9.17, 15) is 4.79 Å². The van der Waals surface area contributed by atoms with Crippen molar-refractivity contribution < 1.29 is 9.53 Å². The monoisotopic (exact) mass is 357 g/mol. The maximum absolute atomic E-state index is 11.6. The molecule has 0 unspecified atom stereocenters. The van der Waals surface area contributed by atoms with Gasteiger partial charge in [0.2, 0.25) is 0 Å². The van der Waals surface area contributed by atoms with Crippen LogP contribution in [0.2, 0.25) is 0 Å². The van der Waals surface area contributed by atoms with Crippen LogP contribution in [0.5, 0.6) is 0 Å². The first kappa shape index (κ1) is 12.9. The molecule has 0 atom stereocenters. The van der Waals surface area contributed by atoms with Gasteiger partial charge in [-0.15, -0.1) is 0 Å². The van der Waals surface area contributed by atoms with Crippen LogP contribution in [0.15, 0.2) is 36.5 Å². The molecule has 2 rings (SSSR count). The number of aryl methyl sites for hydroxylation is 1. The molecule has 1 heterocycles. The number of nitrogens with zero attached hydrogens (tertiary/aromatic N) is 2. The van der Waals surface area contributed by atoms with Crippen molar-refractivity contribution in [1.82, 2.24) is 9.78 Å². The molecule has 1 N–H and O–H groups in total. The number of rotatable bonds is 3. The number of halogens is 1. The Morgan fingerprint density at radius 3 is 2.78 bits per heavy atom. The summed E-state index contributed by atoms with van der Waals surface area (Å²) in [6.07, 6.45) is 1.19. The number of nitrogens with one attached hydrogen (secondary N) is 1. The first-order valence-corrected chi connectivity index (χ1v) is 6.40. The van der Waals surface area contributed by atoms with Crippen LogP contribution >= 0.6 is 22.6 Å². The van der Waals surface area contributed by atoms with E-state index in [1.54, 1.807) is 17.9 Å². The van der Waals surface area contributed by atoms with E-state index in [-0.39, 0.29) is 6.61 Å². The number of amides is 1. The minimum atomic E-state index is -0.486. The Bertz CT molecular complexity index is 520. The average molecular weight is 357 g/mol. The van der Waals surface area contributed by atoms with Gasteiger partial charge in [-0.05, 0) is 28.2 Å². The lowest BCUT2D eigenvalue weighted by Crippen LogP contribution is -2.16. The summed E-state index contributed by atoms with van der Waals surface area (Å²) in [5, 5.41) is 6.69. The molecular weight excluding hydrogens is 345 g/mol. The summed E-state index contributed by atoms with van der Waals surface area (Å²) < 4.78 is 7.57. The van der Waals surface area contributed by atoms with Gasteiger partial charge in [-0.25, -0.2) is 4.79 Å². The van der Waals surface area contributed by atoms with E-state index in [4.69, 9.17) is 4.74 Å². The summed E-state index contributed by atoms with van der Waals surface area (Å²) >= 11 is 2.10. The van der Waals surface area contributed by atoms with Gasteiger partial charge in [0.15, 0.2) is 0 Å². The maximum atomic E-state index is 11.6. The molecule has 0 fully saturated rings. The van der Waals surface area contributed by atoms with Crippen molar-refractivity contribution in [2.24, 2.45) is 7.05 Å². The van der Waals surface area contributed by atoms with Crippen molar-refractivity contribution in [2.75, 3.05) is 5.32 Å². The van der Waals surface area contributed by atoms with Crippen molar-refractivity contribution >= 4 is 34.5 Å². The predicted molar refractivity (Wildman–Crippen MR) is 76.2 cm³/mol. The molecule has 0 saturated heterocycles. The van der Waals surface area contributed by atoms with Crippen molar-refractivity contribution in [1.29, 1.82) is 0 Å². The number of hydrogen-bond donors (Lipinski definition) is 1. The van der Waals surface area contributed by atoms with Crippen LogP contribution < -0.4 is 5.32 Å². The lowest BCUT2D eigenvalue weighted by molar-refractivity contribution is 0.155. The van der Waals surface area contributed by atoms with Crippen LogP contribution in [0.4, 0.5) is 10.6 Å². The Morgan fingerprint density at radius 1 is 1.44 bits per heavy atom. The van der Waals surface area contributed by atoms with Gasteiger partial charge in [-0.1, -0.05) is 30.3 Å². The molecule has 1 aromatic heterocycles. The van der Waals surface area contributed by atoms with Crippen LogP contribution in [0.1, 0.15) is 5.56 Å². The van der Waals surface area contributed by atoms with Crippen LogP contribution in [0.25, 0.3) is 0 Å². The second-order valence-electron chi connectivity index (χ2n) is 3.65. The fraction of sp³-hybridized carbons (Fsp3) is 0.167. The maximum Gasteiger partial charge on any atom is 0.413 e. The van der Waals surface area contributed by atoms with Gasteiger partial charge in [0.25, 0.3) is 0 Å². The SMILES string of the molecule is Cn1ncc(I)c1NC(=O)OCc1ccccc1. The Labute approximate surface area is 118 Å². The molecule has 0 saturated carbocycles. The molecule has 0 aliphatic heterocycles. The van der Waals surface area contributed by atoms with Gasteiger partial charge in [-0.2, -0.15) is 5.10 Å². The second-order valence-corrected chi connectivity index (χ2v) is 4.81. The van der Waals surface area contributed by atoms with E-state index in [0.717, 1.165) is 9.13 Å². The molecule has 0 spiro atoms. The lowest BCUT2D eigenvalue weighted by atomic mass is 10.2. The summed E-state index contributed by atoms with van der Waals surface area (Å²) in [7, 11) is 1.76. The molecule has 0 radical (unpaired) electrons. The standard InChI is InChI=1S/C12H12IN3O2/c1-16-11(10(13)7-14-16)15-12(17)18-8-9-5-3-2-4-6-9/h2-7H,8H2,1H3,(H,15,17). The minimum absolute atomic E-state index is 0.251. The van der Waals surface area contributed by atoms with Crippen LogP contribution in [0.3, 0.4) is 0 Å². The number of carbonyl (C=O) groups excluding carboxylic acids is 1. The van der Waals surface area contributed by atoms with Gasteiger partial charge in [0.1, 0.15) is 12.4 Å². The van der Waals surface area contributed by atoms with Gasteiger partial charge in [-0.3, -0.25) is 10.00 Å². The zero-order valence-electron chi connectivity index (χ0n) is 9.76. The first-order chi connectivity index (χ1) is 8.66. The molecule has 6 heteroatoms. The largest absolute Gasteiger partial charge is 0.444 e. The second kappa shape index (κ2) is 5.85. The van der Waals surface area contributed by atoms with Crippen molar-refractivity contribution in [3.8, 4) is 0 Å². The van der Waals surface area contributed by atoms with Crippen molar-refractivity contribution in [2.45, 2.75) is 6.61 Å². The van der Waals surface area contributed by atoms with E-state index in [1.807, 2.05) is 30.3 Å². The summed E-state index contributed by atoms with van der Waals surface area (Å²) in [4.78, 5) is 11.6. The number of benzene rings is 1. The average Bonchev–Trinajstić information content (AvgIpc) is 2.69. The third kappa shape index (κ3) is 3.22. The van der Waals surface area contributed by atoms with Crippen LogP contribution in [-0.4, -0.2) is 15.9 Å². The summed E-state index contributed by atoms with van der Waals surface area (Å²) in [6, 6.07) is 9.53. The molecule has 0 aliphatic rings. The molecule has 1 aromatic carbocycles. The molecule has 5 nitrogen and oxygen atoms in total. The topological polar surface area (TPSA) is 56.2 Å². The minimum Gasteiger partial charge on any atom is -0.444 e. The van der Waals surface area contributed by atoms with Crippen LogP contribution in [0, 0.1) is 3.57 Å². The highest BCUT2D eigenvalue weighted by Crippen LogP contribution is 2.16. The Kier molecular flexibility index (Phi) is 4.19. The van der Waals surface area contributed by atoms with Crippen LogP contribution in [-0.2, 0) is 18.4 Å². The zero-order chi connectivity index (χ0) is 13.0. The quantitative estimate of drug-likeness (QED) is 0.860. The van der Waals surface area contributed by atoms with Gasteiger partial charge >= 0.3 is 6.09 Å².